The molecule has 2 unspecified atom stereocenters. The molecule has 2 aromatic rings. The fraction of sp³-hybridized carbons (Fsp3) is 0.636. The van der Waals surface area contributed by atoms with Gasteiger partial charge in [-0.25, -0.2) is 0 Å². The van der Waals surface area contributed by atoms with Crippen molar-refractivity contribution in [3.63, 3.8) is 0 Å². The molecule has 37 heavy (non-hydrogen) atoms. The fourth-order valence-corrected chi connectivity index (χ4v) is 31.4. The Morgan fingerprint density at radius 2 is 1.11 bits per heavy atom. The number of hydrogen-bond acceptors (Lipinski definition) is 2. The number of benzene rings is 2. The maximum atomic E-state index is 6.02. The fourth-order valence-electron chi connectivity index (χ4n) is 4.48. The van der Waals surface area contributed by atoms with E-state index in [1.54, 1.807) is 2.45 Å². The monoisotopic (exact) mass is 722 g/mol. The van der Waals surface area contributed by atoms with Crippen molar-refractivity contribution in [3.8, 4) is 0 Å². The molecule has 0 saturated carbocycles. The molecule has 0 saturated heterocycles. The van der Waals surface area contributed by atoms with Gasteiger partial charge in [0.25, 0.3) is 0 Å². The average Bonchev–Trinajstić information content (AvgIpc) is 2.89. The molecular formula is C33H54O2Sn2. The van der Waals surface area contributed by atoms with E-state index in [0.717, 1.165) is 38.3 Å². The summed E-state index contributed by atoms with van der Waals surface area (Å²) >= 11 is -2.04. The third-order valence-corrected chi connectivity index (χ3v) is 41.0. The molecule has 0 aliphatic rings. The van der Waals surface area contributed by atoms with Crippen molar-refractivity contribution in [2.24, 2.45) is 11.8 Å². The Kier molecular flexibility index (Phi) is 17.1. The summed E-state index contributed by atoms with van der Waals surface area (Å²) in [4.78, 5) is 5.32. The summed E-state index contributed by atoms with van der Waals surface area (Å²) in [6.45, 7) is 12.6. The molecule has 4 heteroatoms. The average molecular weight is 720 g/mol. The van der Waals surface area contributed by atoms with Gasteiger partial charge in [0.15, 0.2) is 0 Å². The molecule has 0 aliphatic heterocycles. The van der Waals surface area contributed by atoms with Crippen LogP contribution in [0.25, 0.3) is 0 Å². The molecular weight excluding hydrogens is 666 g/mol. The second kappa shape index (κ2) is 19.1. The third kappa shape index (κ3) is 15.4. The molecule has 2 rings (SSSR count). The molecule has 0 amide bonds. The van der Waals surface area contributed by atoms with Crippen molar-refractivity contribution >= 4 is 39.5 Å². The predicted molar refractivity (Wildman–Crippen MR) is 165 cm³/mol. The molecule has 2 radical (unpaired) electrons. The Morgan fingerprint density at radius 3 is 1.57 bits per heavy atom. The molecule has 2 atom stereocenters. The van der Waals surface area contributed by atoms with Crippen molar-refractivity contribution in [2.45, 2.75) is 101 Å². The first-order chi connectivity index (χ1) is 17.8. The van der Waals surface area contributed by atoms with E-state index >= 15 is 0 Å². The normalized spacial score (nSPS) is 13.6. The van der Waals surface area contributed by atoms with Gasteiger partial charge >= 0.3 is 232 Å². The third-order valence-electron chi connectivity index (χ3n) is 7.53. The van der Waals surface area contributed by atoms with Crippen LogP contribution in [0.4, 0.5) is 0 Å². The van der Waals surface area contributed by atoms with Crippen molar-refractivity contribution in [1.82, 2.24) is 0 Å². The van der Waals surface area contributed by atoms with Crippen LogP contribution in [0, 0.1) is 11.8 Å². The first-order valence-corrected chi connectivity index (χ1v) is 28.6. The molecule has 0 fully saturated rings. The molecule has 206 valence electrons. The minimum absolute atomic E-state index is 0.217. The molecule has 0 spiro atoms. The van der Waals surface area contributed by atoms with E-state index in [0.29, 0.717) is 0 Å². The summed E-state index contributed by atoms with van der Waals surface area (Å²) in [5, 5.41) is 0. The van der Waals surface area contributed by atoms with E-state index in [2.05, 4.69) is 86.1 Å². The van der Waals surface area contributed by atoms with E-state index in [-0.39, 0.29) is 21.1 Å². The van der Waals surface area contributed by atoms with E-state index in [9.17, 15) is 0 Å². The zero-order chi connectivity index (χ0) is 26.9. The van der Waals surface area contributed by atoms with Crippen LogP contribution in [0.5, 0.6) is 0 Å². The summed E-state index contributed by atoms with van der Waals surface area (Å²) in [7, 11) is 0. The Balaban J connectivity index is 1.48. The summed E-state index contributed by atoms with van der Waals surface area (Å²) in [5.41, 5.74) is 5.53. The second-order valence-electron chi connectivity index (χ2n) is 12.0. The number of rotatable bonds is 20. The molecule has 2 nitrogen and oxygen atoms in total. The minimum atomic E-state index is -1.82. The first kappa shape index (κ1) is 33.2. The number of ether oxygens (including phenoxy) is 2. The molecule has 0 N–H and O–H groups in total. The Hall–Kier alpha value is -0.0426. The van der Waals surface area contributed by atoms with Crippen LogP contribution < -0.4 is 0 Å². The molecule has 2 aromatic carbocycles. The van der Waals surface area contributed by atoms with Crippen molar-refractivity contribution in [1.29, 1.82) is 0 Å². The zero-order valence-electron chi connectivity index (χ0n) is 24.8. The predicted octanol–water partition coefficient (Wildman–Crippen LogP) is 9.17. The SMILES string of the molecule is CCC(C)Cc1ccc(COCC[CH2][Sn][CH2][Sn]([CH3])([CH3])[CH2]CCOCc2ccc(CC(C)CC)cc2)cc1. The van der Waals surface area contributed by atoms with Crippen LogP contribution in [-0.2, 0) is 35.5 Å². The quantitative estimate of drug-likeness (QED) is 0.100. The maximum absolute atomic E-state index is 6.02. The topological polar surface area (TPSA) is 18.5 Å². The first-order valence-electron chi connectivity index (χ1n) is 14.8. The summed E-state index contributed by atoms with van der Waals surface area (Å²) in [6.07, 6.45) is 7.39. The Labute approximate surface area is 243 Å². The molecule has 0 aromatic heterocycles. The van der Waals surface area contributed by atoms with Gasteiger partial charge < -0.3 is 0 Å². The zero-order valence-corrected chi connectivity index (χ0v) is 30.5. The van der Waals surface area contributed by atoms with Crippen LogP contribution >= 0.6 is 0 Å². The van der Waals surface area contributed by atoms with Crippen LogP contribution in [0.15, 0.2) is 48.5 Å². The Morgan fingerprint density at radius 1 is 0.676 bits per heavy atom. The standard InChI is InChI=1S/2C15H23O.2CH3.CH2.2Sn/c2*1-4-10-16-12-15-8-6-14(7-9-15)11-13(3)5-2;;;;;/h2*6-9,13H,1,4-5,10-12H2,2-3H3;2*1H3;1H2;;. The second-order valence-corrected chi connectivity index (χ2v) is 36.4. The van der Waals surface area contributed by atoms with Gasteiger partial charge in [0.05, 0.1) is 0 Å². The van der Waals surface area contributed by atoms with E-state index < -0.39 is 18.4 Å². The van der Waals surface area contributed by atoms with Crippen LogP contribution in [0.3, 0.4) is 0 Å². The molecule has 0 bridgehead atoms. The van der Waals surface area contributed by atoms with Gasteiger partial charge in [-0.1, -0.05) is 13.8 Å². The van der Waals surface area contributed by atoms with Crippen LogP contribution in [0.1, 0.15) is 75.6 Å². The van der Waals surface area contributed by atoms with Crippen molar-refractivity contribution < 1.29 is 9.47 Å². The molecule has 0 aliphatic carbocycles. The van der Waals surface area contributed by atoms with Gasteiger partial charge in [0.1, 0.15) is 0 Å². The van der Waals surface area contributed by atoms with Crippen molar-refractivity contribution in [2.75, 3.05) is 13.2 Å². The van der Waals surface area contributed by atoms with Crippen molar-refractivity contribution in [3.05, 3.63) is 70.8 Å². The van der Waals surface area contributed by atoms with Gasteiger partial charge in [0.2, 0.25) is 0 Å². The van der Waals surface area contributed by atoms with E-state index in [4.69, 9.17) is 9.47 Å². The molecule has 0 heterocycles. The van der Waals surface area contributed by atoms with Gasteiger partial charge in [-0.3, -0.25) is 0 Å². The summed E-state index contributed by atoms with van der Waals surface area (Å²) < 4.78 is 16.6. The summed E-state index contributed by atoms with van der Waals surface area (Å²) in [6, 6.07) is 18.1. The van der Waals surface area contributed by atoms with Crippen LogP contribution in [0.2, 0.25) is 21.2 Å². The van der Waals surface area contributed by atoms with E-state index in [1.807, 2.05) is 0 Å². The summed E-state index contributed by atoms with van der Waals surface area (Å²) in [5.74, 6) is 1.53. The van der Waals surface area contributed by atoms with Gasteiger partial charge in [-0.15, -0.1) is 0 Å². The Bertz CT molecular complexity index is 832. The van der Waals surface area contributed by atoms with Gasteiger partial charge in [-0.05, 0) is 0 Å². The van der Waals surface area contributed by atoms with Crippen LogP contribution in [-0.4, -0.2) is 52.7 Å². The van der Waals surface area contributed by atoms with Gasteiger partial charge in [-0.2, -0.15) is 0 Å². The number of hydrogen-bond donors (Lipinski definition) is 0. The van der Waals surface area contributed by atoms with Gasteiger partial charge in [0, 0.05) is 0 Å². The van der Waals surface area contributed by atoms with E-state index in [1.165, 1.54) is 69.7 Å².